The van der Waals surface area contributed by atoms with Crippen molar-refractivity contribution in [1.82, 2.24) is 25.7 Å². The molecule has 0 spiro atoms. The van der Waals surface area contributed by atoms with E-state index in [4.69, 9.17) is 0 Å². The summed E-state index contributed by atoms with van der Waals surface area (Å²) in [5.74, 6) is -0.551. The first-order valence-corrected chi connectivity index (χ1v) is 7.63. The molecule has 1 aliphatic heterocycles. The van der Waals surface area contributed by atoms with E-state index in [1.807, 2.05) is 17.7 Å². The first-order chi connectivity index (χ1) is 11.1. The van der Waals surface area contributed by atoms with Crippen molar-refractivity contribution < 1.29 is 9.18 Å². The fraction of sp³-hybridized carbons (Fsp3) is 0.375. The highest BCUT2D eigenvalue weighted by atomic mass is 19.1. The number of hydrogen-bond acceptors (Lipinski definition) is 4. The number of imidazole rings is 1. The van der Waals surface area contributed by atoms with E-state index >= 15 is 0 Å². The maximum Gasteiger partial charge on any atom is 0.226 e. The molecule has 3 N–H and O–H groups in total. The lowest BCUT2D eigenvalue weighted by Crippen LogP contribution is -2.41. The van der Waals surface area contributed by atoms with E-state index in [1.54, 1.807) is 24.7 Å². The van der Waals surface area contributed by atoms with E-state index in [9.17, 15) is 9.18 Å². The Kier molecular flexibility index (Phi) is 4.68. The fourth-order valence-electron chi connectivity index (χ4n) is 2.83. The molecule has 0 aliphatic carbocycles. The van der Waals surface area contributed by atoms with Crippen LogP contribution in [0.3, 0.4) is 0 Å². The number of hydrogen-bond donors (Lipinski definition) is 3. The molecule has 0 saturated carbocycles. The summed E-state index contributed by atoms with van der Waals surface area (Å²) in [6.45, 7) is 3.16. The van der Waals surface area contributed by atoms with Crippen molar-refractivity contribution in [3.8, 4) is 0 Å². The van der Waals surface area contributed by atoms with Gasteiger partial charge in [-0.15, -0.1) is 0 Å². The van der Waals surface area contributed by atoms with Crippen LogP contribution >= 0.6 is 0 Å². The van der Waals surface area contributed by atoms with Crippen LogP contribution in [0.5, 0.6) is 0 Å². The Hall–Kier alpha value is -2.25. The molecule has 122 valence electrons. The maximum atomic E-state index is 13.1. The number of amides is 1. The molecule has 1 aromatic carbocycles. The summed E-state index contributed by atoms with van der Waals surface area (Å²) >= 11 is 0. The van der Waals surface area contributed by atoms with Crippen LogP contribution in [0, 0.1) is 11.7 Å². The zero-order valence-electron chi connectivity index (χ0n) is 12.9. The summed E-state index contributed by atoms with van der Waals surface area (Å²) in [5.41, 5.74) is 7.00. The first-order valence-electron chi connectivity index (χ1n) is 7.63. The second kappa shape index (κ2) is 6.89. The molecule has 2 aromatic rings. The van der Waals surface area contributed by atoms with Crippen LogP contribution < -0.4 is 16.2 Å². The molecule has 1 amide bonds. The zero-order valence-corrected chi connectivity index (χ0v) is 12.9. The lowest BCUT2D eigenvalue weighted by atomic mass is 9.94. The molecule has 7 heteroatoms. The third-order valence-corrected chi connectivity index (χ3v) is 3.98. The SMILES string of the molecule is CC(Cn1ccnc1)NC(=O)C1CNNC1c1ccc(F)cc1. The van der Waals surface area contributed by atoms with Gasteiger partial charge in [0.15, 0.2) is 0 Å². The monoisotopic (exact) mass is 317 g/mol. The Morgan fingerprint density at radius 1 is 1.48 bits per heavy atom. The number of nitrogens with one attached hydrogen (secondary N) is 3. The molecule has 2 heterocycles. The van der Waals surface area contributed by atoms with E-state index in [2.05, 4.69) is 21.2 Å². The van der Waals surface area contributed by atoms with Crippen molar-refractivity contribution in [3.63, 3.8) is 0 Å². The van der Waals surface area contributed by atoms with Gasteiger partial charge in [0.2, 0.25) is 5.91 Å². The molecule has 1 saturated heterocycles. The minimum absolute atomic E-state index is 0.00818. The Morgan fingerprint density at radius 2 is 2.26 bits per heavy atom. The van der Waals surface area contributed by atoms with E-state index in [0.717, 1.165) is 5.56 Å². The smallest absolute Gasteiger partial charge is 0.226 e. The Labute approximate surface area is 134 Å². The predicted octanol–water partition coefficient (Wildman–Crippen LogP) is 0.992. The molecule has 1 aliphatic rings. The Balaban J connectivity index is 1.62. The van der Waals surface area contributed by atoms with Crippen LogP contribution in [0.4, 0.5) is 4.39 Å². The van der Waals surface area contributed by atoms with Crippen LogP contribution in [0.1, 0.15) is 18.5 Å². The zero-order chi connectivity index (χ0) is 16.2. The average molecular weight is 317 g/mol. The number of rotatable bonds is 5. The largest absolute Gasteiger partial charge is 0.352 e. The van der Waals surface area contributed by atoms with Gasteiger partial charge in [-0.3, -0.25) is 10.2 Å². The first kappa shape index (κ1) is 15.6. The normalized spacial score (nSPS) is 22.0. The fourth-order valence-corrected chi connectivity index (χ4v) is 2.83. The summed E-state index contributed by atoms with van der Waals surface area (Å²) < 4.78 is 15.0. The van der Waals surface area contributed by atoms with Gasteiger partial charge < -0.3 is 9.88 Å². The molecule has 3 unspecified atom stereocenters. The average Bonchev–Trinajstić information content (AvgIpc) is 3.19. The molecule has 0 radical (unpaired) electrons. The molecule has 3 atom stereocenters. The van der Waals surface area contributed by atoms with Gasteiger partial charge in [0.05, 0.1) is 18.3 Å². The summed E-state index contributed by atoms with van der Waals surface area (Å²) in [6, 6.07) is 6.05. The quantitative estimate of drug-likeness (QED) is 0.769. The predicted molar refractivity (Wildman–Crippen MR) is 83.6 cm³/mol. The van der Waals surface area contributed by atoms with Gasteiger partial charge in [-0.05, 0) is 24.6 Å². The molecule has 3 rings (SSSR count). The molecule has 6 nitrogen and oxygen atoms in total. The molecule has 1 fully saturated rings. The second-order valence-electron chi connectivity index (χ2n) is 5.83. The summed E-state index contributed by atoms with van der Waals surface area (Å²) in [4.78, 5) is 16.5. The van der Waals surface area contributed by atoms with Crippen LogP contribution in [-0.4, -0.2) is 28.0 Å². The number of aromatic nitrogens is 2. The second-order valence-corrected chi connectivity index (χ2v) is 5.83. The third kappa shape index (κ3) is 3.75. The minimum atomic E-state index is -0.283. The van der Waals surface area contributed by atoms with E-state index < -0.39 is 0 Å². The molecular weight excluding hydrogens is 297 g/mol. The van der Waals surface area contributed by atoms with Gasteiger partial charge in [0.25, 0.3) is 0 Å². The molecule has 23 heavy (non-hydrogen) atoms. The summed E-state index contributed by atoms with van der Waals surface area (Å²) in [6.07, 6.45) is 5.30. The van der Waals surface area contributed by atoms with Gasteiger partial charge in [0, 0.05) is 31.5 Å². The topological polar surface area (TPSA) is 71.0 Å². The molecule has 0 bridgehead atoms. The molecular formula is C16H20FN5O. The van der Waals surface area contributed by atoms with Gasteiger partial charge in [-0.2, -0.15) is 0 Å². The van der Waals surface area contributed by atoms with Crippen molar-refractivity contribution >= 4 is 5.91 Å². The van der Waals surface area contributed by atoms with E-state index in [-0.39, 0.29) is 29.7 Å². The van der Waals surface area contributed by atoms with Crippen LogP contribution in [0.15, 0.2) is 43.0 Å². The lowest BCUT2D eigenvalue weighted by molar-refractivity contribution is -0.125. The standard InChI is InChI=1S/C16H20FN5O/c1-11(9-22-7-6-18-10-22)20-16(23)14-8-19-21-15(14)12-2-4-13(17)5-3-12/h2-7,10-11,14-15,19,21H,8-9H2,1H3,(H,20,23). The highest BCUT2D eigenvalue weighted by Gasteiger charge is 2.34. The number of benzene rings is 1. The van der Waals surface area contributed by atoms with Crippen molar-refractivity contribution in [2.45, 2.75) is 25.6 Å². The third-order valence-electron chi connectivity index (χ3n) is 3.98. The van der Waals surface area contributed by atoms with E-state index in [0.29, 0.717) is 13.1 Å². The number of carbonyl (C=O) groups is 1. The number of carbonyl (C=O) groups excluding carboxylic acids is 1. The Morgan fingerprint density at radius 3 is 2.96 bits per heavy atom. The van der Waals surface area contributed by atoms with Crippen molar-refractivity contribution in [2.24, 2.45) is 5.92 Å². The van der Waals surface area contributed by atoms with Crippen LogP contribution in [0.25, 0.3) is 0 Å². The van der Waals surface area contributed by atoms with Gasteiger partial charge in [0.1, 0.15) is 5.82 Å². The van der Waals surface area contributed by atoms with Crippen molar-refractivity contribution in [3.05, 3.63) is 54.4 Å². The van der Waals surface area contributed by atoms with Crippen molar-refractivity contribution in [1.29, 1.82) is 0 Å². The number of halogens is 1. The van der Waals surface area contributed by atoms with Crippen molar-refractivity contribution in [2.75, 3.05) is 6.54 Å². The minimum Gasteiger partial charge on any atom is -0.352 e. The summed E-state index contributed by atoms with van der Waals surface area (Å²) in [7, 11) is 0. The lowest BCUT2D eigenvalue weighted by Gasteiger charge is -2.21. The highest BCUT2D eigenvalue weighted by Crippen LogP contribution is 2.25. The van der Waals surface area contributed by atoms with Crippen LogP contribution in [-0.2, 0) is 11.3 Å². The highest BCUT2D eigenvalue weighted by molar-refractivity contribution is 5.80. The number of hydrazine groups is 1. The van der Waals surface area contributed by atoms with Gasteiger partial charge in [-0.1, -0.05) is 12.1 Å². The molecule has 1 aromatic heterocycles. The van der Waals surface area contributed by atoms with Crippen LogP contribution in [0.2, 0.25) is 0 Å². The van der Waals surface area contributed by atoms with Gasteiger partial charge >= 0.3 is 0 Å². The summed E-state index contributed by atoms with van der Waals surface area (Å²) in [5, 5.41) is 3.03. The Bertz CT molecular complexity index is 643. The number of nitrogens with zero attached hydrogens (tertiary/aromatic N) is 2. The maximum absolute atomic E-state index is 13.1. The van der Waals surface area contributed by atoms with Gasteiger partial charge in [-0.25, -0.2) is 14.8 Å². The van der Waals surface area contributed by atoms with E-state index in [1.165, 1.54) is 12.1 Å².